The summed E-state index contributed by atoms with van der Waals surface area (Å²) >= 11 is 0. The number of hydrogen-bond donors (Lipinski definition) is 2. The van der Waals surface area contributed by atoms with E-state index >= 15 is 0 Å². The fourth-order valence-corrected chi connectivity index (χ4v) is 3.51. The molecule has 0 spiro atoms. The van der Waals surface area contributed by atoms with Crippen LogP contribution in [0.4, 0.5) is 14.5 Å². The summed E-state index contributed by atoms with van der Waals surface area (Å²) in [5.74, 6) is -1.21. The second-order valence-corrected chi connectivity index (χ2v) is 6.67. The summed E-state index contributed by atoms with van der Waals surface area (Å²) in [4.78, 5) is 3.91. The fraction of sp³-hybridized carbons (Fsp3) is 0.417. The number of halogens is 2. The first kappa shape index (κ1) is 15.6. The zero-order valence-corrected chi connectivity index (χ0v) is 12.0. The lowest BCUT2D eigenvalue weighted by molar-refractivity contribution is 0.452. The molecule has 1 aliphatic heterocycles. The van der Waals surface area contributed by atoms with Gasteiger partial charge in [-0.15, -0.1) is 0 Å². The van der Waals surface area contributed by atoms with E-state index < -0.39 is 21.7 Å². The molecule has 0 atom stereocenters. The van der Waals surface area contributed by atoms with Crippen molar-refractivity contribution in [3.8, 4) is 0 Å². The Morgan fingerprint density at radius 2 is 2.19 bits per heavy atom. The minimum atomic E-state index is -3.16. The Morgan fingerprint density at radius 1 is 1.43 bits per heavy atom. The topological polar surface area (TPSA) is 87.8 Å². The standard InChI is InChI=1S/C12H16F2N4O2S/c13-9-2-3-10(14)11(8-9)17-12(15)16-4-6-18-5-1-7-21(18,19)20/h2-3,8H,1,4-7H2,(H3,15,16,17). The van der Waals surface area contributed by atoms with E-state index in [1.165, 1.54) is 4.31 Å². The zero-order chi connectivity index (χ0) is 15.5. The van der Waals surface area contributed by atoms with Crippen molar-refractivity contribution < 1.29 is 17.2 Å². The highest BCUT2D eigenvalue weighted by Gasteiger charge is 2.27. The van der Waals surface area contributed by atoms with E-state index in [2.05, 4.69) is 10.3 Å². The van der Waals surface area contributed by atoms with Crippen LogP contribution < -0.4 is 11.1 Å². The third-order valence-corrected chi connectivity index (χ3v) is 4.98. The monoisotopic (exact) mass is 318 g/mol. The molecule has 0 amide bonds. The van der Waals surface area contributed by atoms with Gasteiger partial charge in [0.1, 0.15) is 11.6 Å². The Labute approximate surface area is 121 Å². The molecule has 1 heterocycles. The highest BCUT2D eigenvalue weighted by Crippen LogP contribution is 2.15. The van der Waals surface area contributed by atoms with Gasteiger partial charge >= 0.3 is 0 Å². The number of nitrogens with one attached hydrogen (secondary N) is 1. The van der Waals surface area contributed by atoms with Gasteiger partial charge in [-0.25, -0.2) is 21.5 Å². The second-order valence-electron chi connectivity index (χ2n) is 4.58. The molecule has 0 bridgehead atoms. The highest BCUT2D eigenvalue weighted by molar-refractivity contribution is 7.89. The number of aliphatic imine (C=N–C) groups is 1. The lowest BCUT2D eigenvalue weighted by atomic mass is 10.3. The van der Waals surface area contributed by atoms with Crippen LogP contribution in [0, 0.1) is 11.6 Å². The van der Waals surface area contributed by atoms with Crippen LogP contribution in [-0.2, 0) is 10.0 Å². The van der Waals surface area contributed by atoms with Crippen molar-refractivity contribution >= 4 is 21.7 Å². The lowest BCUT2D eigenvalue weighted by Crippen LogP contribution is -2.30. The minimum Gasteiger partial charge on any atom is -0.370 e. The fourth-order valence-electron chi connectivity index (χ4n) is 2.00. The lowest BCUT2D eigenvalue weighted by Gasteiger charge is -2.12. The maximum Gasteiger partial charge on any atom is 0.214 e. The average Bonchev–Trinajstić information content (AvgIpc) is 2.73. The van der Waals surface area contributed by atoms with E-state index in [1.807, 2.05) is 0 Å². The van der Waals surface area contributed by atoms with E-state index in [4.69, 9.17) is 5.73 Å². The van der Waals surface area contributed by atoms with E-state index in [1.54, 1.807) is 0 Å². The number of sulfonamides is 1. The molecule has 0 aliphatic carbocycles. The summed E-state index contributed by atoms with van der Waals surface area (Å²) in [5.41, 5.74) is 5.44. The first-order valence-electron chi connectivity index (χ1n) is 6.38. The van der Waals surface area contributed by atoms with Crippen LogP contribution in [0.5, 0.6) is 0 Å². The Morgan fingerprint density at radius 3 is 2.86 bits per heavy atom. The smallest absolute Gasteiger partial charge is 0.214 e. The molecule has 2 rings (SSSR count). The van der Waals surface area contributed by atoms with Crippen LogP contribution in [0.1, 0.15) is 6.42 Å². The number of nitrogens with zero attached hydrogens (tertiary/aromatic N) is 2. The van der Waals surface area contributed by atoms with Gasteiger partial charge in [-0.1, -0.05) is 0 Å². The van der Waals surface area contributed by atoms with Crippen molar-refractivity contribution in [2.24, 2.45) is 10.7 Å². The minimum absolute atomic E-state index is 0.101. The molecule has 6 nitrogen and oxygen atoms in total. The molecule has 1 fully saturated rings. The van der Waals surface area contributed by atoms with Gasteiger partial charge in [0.05, 0.1) is 18.0 Å². The third kappa shape index (κ3) is 4.11. The molecule has 1 aromatic carbocycles. The number of benzene rings is 1. The van der Waals surface area contributed by atoms with Crippen molar-refractivity contribution in [1.82, 2.24) is 4.31 Å². The van der Waals surface area contributed by atoms with E-state index in [-0.39, 0.29) is 30.5 Å². The first-order valence-corrected chi connectivity index (χ1v) is 7.99. The molecular weight excluding hydrogens is 302 g/mol. The van der Waals surface area contributed by atoms with Gasteiger partial charge in [-0.3, -0.25) is 4.99 Å². The molecule has 9 heteroatoms. The molecule has 116 valence electrons. The van der Waals surface area contributed by atoms with Gasteiger partial charge in [0.2, 0.25) is 10.0 Å². The summed E-state index contributed by atoms with van der Waals surface area (Å²) in [6.45, 7) is 0.842. The average molecular weight is 318 g/mol. The van der Waals surface area contributed by atoms with Gasteiger partial charge in [0, 0.05) is 19.2 Å². The summed E-state index contributed by atoms with van der Waals surface area (Å²) in [6, 6.07) is 2.93. The second kappa shape index (κ2) is 6.35. The molecular formula is C12H16F2N4O2S. The number of anilines is 1. The number of rotatable bonds is 4. The van der Waals surface area contributed by atoms with Gasteiger partial charge in [-0.05, 0) is 18.6 Å². The SMILES string of the molecule is NC(=NCCN1CCCS1(=O)=O)Nc1cc(F)ccc1F. The predicted octanol–water partition coefficient (Wildman–Crippen LogP) is 0.727. The Bertz CT molecular complexity index is 649. The molecule has 1 aromatic rings. The van der Waals surface area contributed by atoms with Crippen LogP contribution in [0.3, 0.4) is 0 Å². The van der Waals surface area contributed by atoms with E-state index in [0.717, 1.165) is 18.2 Å². The van der Waals surface area contributed by atoms with Crippen LogP contribution in [0.2, 0.25) is 0 Å². The summed E-state index contributed by atoms with van der Waals surface area (Å²) in [5, 5.41) is 2.44. The van der Waals surface area contributed by atoms with Gasteiger partial charge in [0.15, 0.2) is 5.96 Å². The van der Waals surface area contributed by atoms with Crippen LogP contribution in [-0.4, -0.2) is 44.1 Å². The molecule has 0 aromatic heterocycles. The van der Waals surface area contributed by atoms with Crippen LogP contribution in [0.25, 0.3) is 0 Å². The van der Waals surface area contributed by atoms with Crippen molar-refractivity contribution in [2.75, 3.05) is 30.7 Å². The normalized spacial score (nSPS) is 18.9. The summed E-state index contributed by atoms with van der Waals surface area (Å²) < 4.78 is 50.8. The van der Waals surface area contributed by atoms with E-state index in [9.17, 15) is 17.2 Å². The molecule has 1 saturated heterocycles. The van der Waals surface area contributed by atoms with E-state index in [0.29, 0.717) is 13.0 Å². The van der Waals surface area contributed by atoms with Crippen LogP contribution in [0.15, 0.2) is 23.2 Å². The molecule has 21 heavy (non-hydrogen) atoms. The Balaban J connectivity index is 1.91. The van der Waals surface area contributed by atoms with Crippen molar-refractivity contribution in [2.45, 2.75) is 6.42 Å². The van der Waals surface area contributed by atoms with Gasteiger partial charge in [0.25, 0.3) is 0 Å². The van der Waals surface area contributed by atoms with Crippen molar-refractivity contribution in [1.29, 1.82) is 0 Å². The molecule has 1 aliphatic rings. The largest absolute Gasteiger partial charge is 0.370 e. The summed E-state index contributed by atoms with van der Waals surface area (Å²) in [6.07, 6.45) is 0.605. The molecule has 3 N–H and O–H groups in total. The number of guanidine groups is 1. The Hall–Kier alpha value is -1.74. The van der Waals surface area contributed by atoms with Crippen molar-refractivity contribution in [3.05, 3.63) is 29.8 Å². The van der Waals surface area contributed by atoms with Gasteiger partial charge < -0.3 is 11.1 Å². The molecule has 0 unspecified atom stereocenters. The maximum absolute atomic E-state index is 13.4. The zero-order valence-electron chi connectivity index (χ0n) is 11.2. The number of nitrogens with two attached hydrogens (primary N) is 1. The van der Waals surface area contributed by atoms with Crippen LogP contribution >= 0.6 is 0 Å². The highest BCUT2D eigenvalue weighted by atomic mass is 32.2. The Kier molecular flexibility index (Phi) is 4.73. The number of hydrogen-bond acceptors (Lipinski definition) is 3. The molecule has 0 saturated carbocycles. The third-order valence-electron chi connectivity index (χ3n) is 3.03. The van der Waals surface area contributed by atoms with Crippen molar-refractivity contribution in [3.63, 3.8) is 0 Å². The van der Waals surface area contributed by atoms with Gasteiger partial charge in [-0.2, -0.15) is 0 Å². The molecule has 0 radical (unpaired) electrons. The maximum atomic E-state index is 13.4. The quantitative estimate of drug-likeness (QED) is 0.633. The summed E-state index contributed by atoms with van der Waals surface area (Å²) in [7, 11) is -3.16. The predicted molar refractivity (Wildman–Crippen MR) is 76.4 cm³/mol. The first-order chi connectivity index (χ1) is 9.88.